The highest BCUT2D eigenvalue weighted by Crippen LogP contribution is 2.34. The Labute approximate surface area is 179 Å². The molecule has 30 heavy (non-hydrogen) atoms. The maximum Gasteiger partial charge on any atom is 0.573 e. The summed E-state index contributed by atoms with van der Waals surface area (Å²) < 4.78 is 53.5. The quantitative estimate of drug-likeness (QED) is 0.451. The molecule has 0 saturated carbocycles. The lowest BCUT2D eigenvalue weighted by Crippen LogP contribution is -2.33. The zero-order valence-electron chi connectivity index (χ0n) is 16.9. The number of nitrogens with one attached hydrogen (secondary N) is 1. The van der Waals surface area contributed by atoms with Crippen molar-refractivity contribution in [2.45, 2.75) is 45.7 Å². The van der Waals surface area contributed by atoms with Gasteiger partial charge in [-0.05, 0) is 61.3 Å². The molecule has 0 bridgehead atoms. The summed E-state index contributed by atoms with van der Waals surface area (Å²) in [7, 11) is 1.21. The van der Waals surface area contributed by atoms with Gasteiger partial charge < -0.3 is 24.1 Å². The number of ether oxygens (including phenoxy) is 3. The van der Waals surface area contributed by atoms with Gasteiger partial charge in [-0.25, -0.2) is 9.59 Å². The van der Waals surface area contributed by atoms with E-state index >= 15 is 0 Å². The summed E-state index contributed by atoms with van der Waals surface area (Å²) in [5, 5.41) is 2.98. The van der Waals surface area contributed by atoms with Crippen LogP contribution in [0.15, 0.2) is 22.7 Å². The summed E-state index contributed by atoms with van der Waals surface area (Å²) in [6.07, 6.45) is -4.97. The normalized spacial score (nSPS) is 12.0. The number of aryl methyl sites for hydroxylation is 1. The third-order valence-corrected chi connectivity index (χ3v) is 4.38. The van der Waals surface area contributed by atoms with Crippen LogP contribution in [-0.4, -0.2) is 42.2 Å². The third kappa shape index (κ3) is 6.54. The zero-order valence-corrected chi connectivity index (χ0v) is 18.4. The van der Waals surface area contributed by atoms with Crippen LogP contribution in [0.1, 0.15) is 37.7 Å². The average molecular weight is 495 g/mol. The standard InChI is InChI=1S/C19H22BrF3N2O5/c1-18(2,3)30-17(27)24-6-5-7-25-14(16(26)28-4)9-11-8-12(29-19(21,22)23)10-13(20)15(11)25/h8-10H,5-7H2,1-4H3,(H,24,27). The van der Waals surface area contributed by atoms with Gasteiger partial charge in [0.05, 0.1) is 12.6 Å². The van der Waals surface area contributed by atoms with Crippen molar-refractivity contribution < 1.29 is 37.0 Å². The van der Waals surface area contributed by atoms with Crippen LogP contribution in [0.25, 0.3) is 10.9 Å². The first-order valence-electron chi connectivity index (χ1n) is 8.94. The zero-order chi connectivity index (χ0) is 22.7. The van der Waals surface area contributed by atoms with E-state index in [9.17, 15) is 22.8 Å². The fraction of sp³-hybridized carbons (Fsp3) is 0.474. The number of nitrogens with zero attached hydrogens (tertiary/aromatic N) is 1. The molecule has 7 nitrogen and oxygen atoms in total. The van der Waals surface area contributed by atoms with Crippen LogP contribution in [0.3, 0.4) is 0 Å². The molecule has 166 valence electrons. The second-order valence-corrected chi connectivity index (χ2v) is 8.20. The second kappa shape index (κ2) is 9.15. The maximum atomic E-state index is 12.6. The van der Waals surface area contributed by atoms with Crippen LogP contribution in [0.2, 0.25) is 0 Å². The Kier molecular flexibility index (Phi) is 7.27. The molecular formula is C19H22BrF3N2O5. The maximum absolute atomic E-state index is 12.6. The van der Waals surface area contributed by atoms with E-state index in [4.69, 9.17) is 9.47 Å². The summed E-state index contributed by atoms with van der Waals surface area (Å²) in [6, 6.07) is 3.79. The number of aromatic nitrogens is 1. The molecule has 0 atom stereocenters. The van der Waals surface area contributed by atoms with E-state index in [1.165, 1.54) is 25.3 Å². The molecule has 1 aromatic heterocycles. The first-order chi connectivity index (χ1) is 13.8. The first kappa shape index (κ1) is 23.8. The van der Waals surface area contributed by atoms with Gasteiger partial charge in [0, 0.05) is 22.9 Å². The Morgan fingerprint density at radius 1 is 1.17 bits per heavy atom. The van der Waals surface area contributed by atoms with E-state index in [1.807, 2.05) is 0 Å². The lowest BCUT2D eigenvalue weighted by Gasteiger charge is -2.19. The number of rotatable bonds is 6. The number of carbonyl (C=O) groups excluding carboxylic acids is 2. The molecule has 0 unspecified atom stereocenters. The van der Waals surface area contributed by atoms with Gasteiger partial charge in [0.25, 0.3) is 0 Å². The van der Waals surface area contributed by atoms with E-state index < -0.39 is 29.8 Å². The van der Waals surface area contributed by atoms with E-state index in [2.05, 4.69) is 26.0 Å². The minimum Gasteiger partial charge on any atom is -0.464 e. The number of hydrogen-bond donors (Lipinski definition) is 1. The number of methoxy groups -OCH3 is 1. The Morgan fingerprint density at radius 3 is 2.40 bits per heavy atom. The topological polar surface area (TPSA) is 78.8 Å². The number of alkyl halides is 3. The van der Waals surface area contributed by atoms with Gasteiger partial charge in [0.1, 0.15) is 17.0 Å². The van der Waals surface area contributed by atoms with E-state index in [1.54, 1.807) is 25.3 Å². The molecule has 2 aromatic rings. The van der Waals surface area contributed by atoms with Crippen LogP contribution in [0, 0.1) is 0 Å². The molecule has 1 amide bonds. The first-order valence-corrected chi connectivity index (χ1v) is 9.74. The van der Waals surface area contributed by atoms with E-state index in [0.717, 1.165) is 0 Å². The van der Waals surface area contributed by atoms with Gasteiger partial charge in [0.15, 0.2) is 0 Å². The molecule has 0 aliphatic carbocycles. The highest BCUT2D eigenvalue weighted by atomic mass is 79.9. The van der Waals surface area contributed by atoms with Crippen LogP contribution in [0.5, 0.6) is 5.75 Å². The monoisotopic (exact) mass is 494 g/mol. The average Bonchev–Trinajstić information content (AvgIpc) is 2.93. The summed E-state index contributed by atoms with van der Waals surface area (Å²) in [4.78, 5) is 23.9. The molecule has 0 radical (unpaired) electrons. The molecule has 0 fully saturated rings. The van der Waals surface area contributed by atoms with Gasteiger partial charge in [0.2, 0.25) is 0 Å². The van der Waals surface area contributed by atoms with Crippen molar-refractivity contribution in [1.29, 1.82) is 0 Å². The Balaban J connectivity index is 2.24. The predicted octanol–water partition coefficient (Wildman–Crippen LogP) is 5.00. The number of fused-ring (bicyclic) bond motifs is 1. The van der Waals surface area contributed by atoms with Crippen LogP contribution >= 0.6 is 15.9 Å². The number of hydrogen-bond acceptors (Lipinski definition) is 5. The van der Waals surface area contributed by atoms with Crippen molar-refractivity contribution in [3.05, 3.63) is 28.4 Å². The molecule has 2 rings (SSSR count). The number of halogens is 4. The molecule has 0 spiro atoms. The molecule has 1 aromatic carbocycles. The number of esters is 1. The van der Waals surface area contributed by atoms with Crippen molar-refractivity contribution in [2.75, 3.05) is 13.7 Å². The van der Waals surface area contributed by atoms with E-state index in [0.29, 0.717) is 28.3 Å². The number of carbonyl (C=O) groups is 2. The molecule has 0 aliphatic rings. The van der Waals surface area contributed by atoms with Crippen molar-refractivity contribution in [3.8, 4) is 5.75 Å². The van der Waals surface area contributed by atoms with Crippen LogP contribution in [-0.2, 0) is 16.0 Å². The fourth-order valence-electron chi connectivity index (χ4n) is 2.78. The Bertz CT molecular complexity index is 935. The number of alkyl carbamates (subject to hydrolysis) is 1. The Morgan fingerprint density at radius 2 is 1.83 bits per heavy atom. The van der Waals surface area contributed by atoms with Crippen LogP contribution < -0.4 is 10.1 Å². The molecule has 11 heteroatoms. The molecule has 1 heterocycles. The van der Waals surface area contributed by atoms with Gasteiger partial charge in [-0.1, -0.05) is 0 Å². The SMILES string of the molecule is COC(=O)c1cc2cc(OC(F)(F)F)cc(Br)c2n1CCCNC(=O)OC(C)(C)C. The van der Waals surface area contributed by atoms with Gasteiger partial charge in [-0.15, -0.1) is 13.2 Å². The van der Waals surface area contributed by atoms with Crippen molar-refractivity contribution in [2.24, 2.45) is 0 Å². The van der Waals surface area contributed by atoms with E-state index in [-0.39, 0.29) is 12.2 Å². The largest absolute Gasteiger partial charge is 0.573 e. The minimum absolute atomic E-state index is 0.162. The molecular weight excluding hydrogens is 473 g/mol. The molecule has 0 saturated heterocycles. The summed E-state index contributed by atoms with van der Waals surface area (Å²) >= 11 is 3.25. The van der Waals surface area contributed by atoms with Crippen LogP contribution in [0.4, 0.5) is 18.0 Å². The van der Waals surface area contributed by atoms with Crippen molar-refractivity contribution in [1.82, 2.24) is 9.88 Å². The lowest BCUT2D eigenvalue weighted by molar-refractivity contribution is -0.274. The summed E-state index contributed by atoms with van der Waals surface area (Å²) in [5.74, 6) is -1.06. The fourth-order valence-corrected chi connectivity index (χ4v) is 3.44. The summed E-state index contributed by atoms with van der Waals surface area (Å²) in [5.41, 5.74) is 0.0385. The molecule has 0 aliphatic heterocycles. The highest BCUT2D eigenvalue weighted by Gasteiger charge is 2.31. The van der Waals surface area contributed by atoms with Crippen molar-refractivity contribution >= 4 is 38.9 Å². The lowest BCUT2D eigenvalue weighted by atomic mass is 10.2. The van der Waals surface area contributed by atoms with Gasteiger partial charge >= 0.3 is 18.4 Å². The highest BCUT2D eigenvalue weighted by molar-refractivity contribution is 9.10. The molecule has 1 N–H and O–H groups in total. The van der Waals surface area contributed by atoms with Gasteiger partial charge in [-0.2, -0.15) is 0 Å². The smallest absolute Gasteiger partial charge is 0.464 e. The van der Waals surface area contributed by atoms with Gasteiger partial charge in [-0.3, -0.25) is 0 Å². The summed E-state index contributed by atoms with van der Waals surface area (Å²) in [6.45, 7) is 5.80. The number of benzene rings is 1. The number of amides is 1. The Hall–Kier alpha value is -2.43. The minimum atomic E-state index is -4.84. The third-order valence-electron chi connectivity index (χ3n) is 3.77. The second-order valence-electron chi connectivity index (χ2n) is 7.35. The van der Waals surface area contributed by atoms with Crippen molar-refractivity contribution in [3.63, 3.8) is 0 Å². The predicted molar refractivity (Wildman–Crippen MR) is 107 cm³/mol.